The van der Waals surface area contributed by atoms with Crippen LogP contribution in [-0.2, 0) is 17.4 Å². The molecule has 20 heavy (non-hydrogen) atoms. The average Bonchev–Trinajstić information content (AvgIpc) is 2.35. The number of alkyl halides is 4. The smallest absolute Gasteiger partial charge is 0.345 e. The summed E-state index contributed by atoms with van der Waals surface area (Å²) in [6.07, 6.45) is -3.59. The molecule has 0 aromatic heterocycles. The lowest BCUT2D eigenvalue weighted by Gasteiger charge is -2.18. The second-order valence-corrected chi connectivity index (χ2v) is 5.50. The van der Waals surface area contributed by atoms with E-state index in [1.807, 2.05) is 6.92 Å². The Bertz CT molecular complexity index is 443. The largest absolute Gasteiger partial charge is 0.416 e. The average molecular weight is 308 g/mol. The van der Waals surface area contributed by atoms with E-state index in [-0.39, 0.29) is 17.7 Å². The van der Waals surface area contributed by atoms with Crippen LogP contribution in [0.3, 0.4) is 0 Å². The molecule has 1 amide bonds. The van der Waals surface area contributed by atoms with E-state index in [4.69, 9.17) is 11.6 Å². The van der Waals surface area contributed by atoms with E-state index in [1.165, 1.54) is 17.0 Å². The Kier molecular flexibility index (Phi) is 5.87. The van der Waals surface area contributed by atoms with E-state index in [0.29, 0.717) is 18.5 Å². The number of carbonyl (C=O) groups is 1. The molecular formula is C14H17ClF3NO. The molecule has 0 N–H and O–H groups in total. The van der Waals surface area contributed by atoms with Crippen LogP contribution in [0.2, 0.25) is 0 Å². The number of likely N-dealkylation sites (N-methyl/N-ethyl adjacent to an activating group) is 1. The molecule has 0 heterocycles. The van der Waals surface area contributed by atoms with Gasteiger partial charge in [0.1, 0.15) is 0 Å². The van der Waals surface area contributed by atoms with Gasteiger partial charge in [-0.1, -0.05) is 12.1 Å². The van der Waals surface area contributed by atoms with Gasteiger partial charge in [0.15, 0.2) is 0 Å². The first-order chi connectivity index (χ1) is 9.20. The maximum Gasteiger partial charge on any atom is 0.416 e. The summed E-state index contributed by atoms with van der Waals surface area (Å²) < 4.78 is 37.2. The van der Waals surface area contributed by atoms with E-state index in [0.717, 1.165) is 12.1 Å². The van der Waals surface area contributed by atoms with Gasteiger partial charge in [0.25, 0.3) is 0 Å². The highest BCUT2D eigenvalue weighted by Crippen LogP contribution is 2.29. The van der Waals surface area contributed by atoms with Gasteiger partial charge in [-0.05, 0) is 31.0 Å². The molecule has 0 saturated carbocycles. The van der Waals surface area contributed by atoms with Crippen molar-refractivity contribution >= 4 is 17.5 Å². The first kappa shape index (κ1) is 16.8. The fourth-order valence-electron chi connectivity index (χ4n) is 1.62. The van der Waals surface area contributed by atoms with Crippen molar-refractivity contribution in [2.24, 2.45) is 0 Å². The summed E-state index contributed by atoms with van der Waals surface area (Å²) in [5.74, 6) is -0.137. The fourth-order valence-corrected chi connectivity index (χ4v) is 1.71. The van der Waals surface area contributed by atoms with Crippen LogP contribution < -0.4 is 0 Å². The van der Waals surface area contributed by atoms with Crippen molar-refractivity contribution in [2.45, 2.75) is 31.3 Å². The Morgan fingerprint density at radius 3 is 2.30 bits per heavy atom. The lowest BCUT2D eigenvalue weighted by molar-refractivity contribution is -0.137. The molecule has 2 nitrogen and oxygen atoms in total. The molecule has 0 fully saturated rings. The normalized spacial score (nSPS) is 13.1. The highest BCUT2D eigenvalue weighted by molar-refractivity contribution is 6.20. The molecule has 1 aromatic rings. The van der Waals surface area contributed by atoms with E-state index < -0.39 is 11.7 Å². The summed E-state index contributed by atoms with van der Waals surface area (Å²) in [4.78, 5) is 13.4. The summed E-state index contributed by atoms with van der Waals surface area (Å²) in [6, 6.07) is 4.64. The number of rotatable bonds is 5. The highest BCUT2D eigenvalue weighted by Gasteiger charge is 2.30. The van der Waals surface area contributed by atoms with Gasteiger partial charge in [0.2, 0.25) is 5.91 Å². The predicted molar refractivity (Wildman–Crippen MR) is 72.7 cm³/mol. The first-order valence-electron chi connectivity index (χ1n) is 6.24. The summed E-state index contributed by atoms with van der Waals surface area (Å²) in [6.45, 7) is 2.37. The predicted octanol–water partition coefficient (Wildman–Crippen LogP) is 3.72. The number of amides is 1. The minimum atomic E-state index is -4.35. The van der Waals surface area contributed by atoms with E-state index in [9.17, 15) is 18.0 Å². The number of benzene rings is 1. The summed E-state index contributed by atoms with van der Waals surface area (Å²) in [5.41, 5.74) is -0.146. The molecule has 0 radical (unpaired) electrons. The Balaban J connectivity index is 2.58. The molecule has 1 unspecified atom stereocenters. The Morgan fingerprint density at radius 2 is 1.85 bits per heavy atom. The van der Waals surface area contributed by atoms with Crippen LogP contribution in [0.1, 0.15) is 24.5 Å². The molecule has 0 spiro atoms. The third-order valence-corrected chi connectivity index (χ3v) is 3.14. The van der Waals surface area contributed by atoms with Crippen molar-refractivity contribution in [1.82, 2.24) is 4.90 Å². The zero-order valence-corrected chi connectivity index (χ0v) is 12.1. The van der Waals surface area contributed by atoms with Gasteiger partial charge >= 0.3 is 6.18 Å². The topological polar surface area (TPSA) is 20.3 Å². The molecular weight excluding hydrogens is 291 g/mol. The van der Waals surface area contributed by atoms with Crippen LogP contribution in [0, 0.1) is 0 Å². The molecule has 0 aliphatic heterocycles. The van der Waals surface area contributed by atoms with Crippen molar-refractivity contribution in [3.05, 3.63) is 35.4 Å². The maximum atomic E-state index is 12.4. The molecule has 1 rings (SSSR count). The monoisotopic (exact) mass is 307 g/mol. The number of hydrogen-bond acceptors (Lipinski definition) is 1. The molecule has 0 saturated heterocycles. The SMILES string of the molecule is CC(Cl)CCN(C)C(=O)Cc1ccc(C(F)(F)F)cc1. The zero-order chi connectivity index (χ0) is 15.3. The van der Waals surface area contributed by atoms with Crippen LogP contribution >= 0.6 is 11.6 Å². The van der Waals surface area contributed by atoms with Crippen LogP contribution in [-0.4, -0.2) is 29.8 Å². The van der Waals surface area contributed by atoms with Crippen LogP contribution in [0.15, 0.2) is 24.3 Å². The van der Waals surface area contributed by atoms with E-state index >= 15 is 0 Å². The van der Waals surface area contributed by atoms with Gasteiger partial charge in [0, 0.05) is 19.0 Å². The summed E-state index contributed by atoms with van der Waals surface area (Å²) in [5, 5.41) is -0.0173. The molecule has 112 valence electrons. The molecule has 0 aliphatic rings. The van der Waals surface area contributed by atoms with Gasteiger partial charge in [-0.3, -0.25) is 4.79 Å². The summed E-state index contributed by atoms with van der Waals surface area (Å²) in [7, 11) is 1.66. The molecule has 1 aromatic carbocycles. The van der Waals surface area contributed by atoms with Crippen LogP contribution in [0.25, 0.3) is 0 Å². The Morgan fingerprint density at radius 1 is 1.30 bits per heavy atom. The van der Waals surface area contributed by atoms with E-state index in [2.05, 4.69) is 0 Å². The van der Waals surface area contributed by atoms with Crippen LogP contribution in [0.4, 0.5) is 13.2 Å². The third kappa shape index (κ3) is 5.41. The number of carbonyl (C=O) groups excluding carboxylic acids is 1. The number of hydrogen-bond donors (Lipinski definition) is 0. The minimum absolute atomic E-state index is 0.0173. The van der Waals surface area contributed by atoms with Gasteiger partial charge in [0.05, 0.1) is 12.0 Å². The second kappa shape index (κ2) is 6.97. The lowest BCUT2D eigenvalue weighted by atomic mass is 10.1. The van der Waals surface area contributed by atoms with Crippen molar-refractivity contribution < 1.29 is 18.0 Å². The number of halogens is 4. The molecule has 6 heteroatoms. The highest BCUT2D eigenvalue weighted by atomic mass is 35.5. The maximum absolute atomic E-state index is 12.4. The standard InChI is InChI=1S/C14H17ClF3NO/c1-10(15)7-8-19(2)13(20)9-11-3-5-12(6-4-11)14(16,17)18/h3-6,10H,7-9H2,1-2H3. The fraction of sp³-hybridized carbons (Fsp3) is 0.500. The first-order valence-corrected chi connectivity index (χ1v) is 6.68. The zero-order valence-electron chi connectivity index (χ0n) is 11.4. The minimum Gasteiger partial charge on any atom is -0.345 e. The van der Waals surface area contributed by atoms with Crippen LogP contribution in [0.5, 0.6) is 0 Å². The van der Waals surface area contributed by atoms with Gasteiger partial charge in [-0.15, -0.1) is 11.6 Å². The second-order valence-electron chi connectivity index (χ2n) is 4.76. The van der Waals surface area contributed by atoms with Gasteiger partial charge in [-0.25, -0.2) is 0 Å². The number of nitrogens with zero attached hydrogens (tertiary/aromatic N) is 1. The third-order valence-electron chi connectivity index (χ3n) is 2.92. The van der Waals surface area contributed by atoms with Gasteiger partial charge in [-0.2, -0.15) is 13.2 Å². The molecule has 0 aliphatic carbocycles. The quantitative estimate of drug-likeness (QED) is 0.759. The van der Waals surface area contributed by atoms with Gasteiger partial charge < -0.3 is 4.90 Å². The van der Waals surface area contributed by atoms with Crippen molar-refractivity contribution in [3.8, 4) is 0 Å². The van der Waals surface area contributed by atoms with Crippen molar-refractivity contribution in [2.75, 3.05) is 13.6 Å². The molecule has 0 bridgehead atoms. The Labute approximate surface area is 121 Å². The molecule has 1 atom stereocenters. The van der Waals surface area contributed by atoms with Crippen molar-refractivity contribution in [3.63, 3.8) is 0 Å². The van der Waals surface area contributed by atoms with E-state index in [1.54, 1.807) is 7.05 Å². The Hall–Kier alpha value is -1.23. The lowest BCUT2D eigenvalue weighted by Crippen LogP contribution is -2.30. The van der Waals surface area contributed by atoms with Crippen molar-refractivity contribution in [1.29, 1.82) is 0 Å². The summed E-state index contributed by atoms with van der Waals surface area (Å²) >= 11 is 5.80.